The molecule has 0 aliphatic heterocycles. The smallest absolute Gasteiger partial charge is 0.135 e. The Morgan fingerprint density at radius 3 is 1.87 bits per heavy atom. The molecule has 0 unspecified atom stereocenters. The minimum Gasteiger partial charge on any atom is -0.457 e. The molecule has 0 fully saturated rings. The molecule has 0 heterocycles. The van der Waals surface area contributed by atoms with Crippen LogP contribution in [0, 0.1) is 41.5 Å². The van der Waals surface area contributed by atoms with E-state index in [0.29, 0.717) is 0 Å². The van der Waals surface area contributed by atoms with Crippen molar-refractivity contribution in [1.29, 1.82) is 0 Å². The Kier molecular flexibility index (Phi) is 5.69. The molecule has 0 amide bonds. The van der Waals surface area contributed by atoms with Crippen LogP contribution < -0.4 is 4.74 Å². The molecule has 0 spiro atoms. The van der Waals surface area contributed by atoms with E-state index < -0.39 is 0 Å². The fourth-order valence-corrected chi connectivity index (χ4v) is 3.90. The molecule has 1 nitrogen and oxygen atoms in total. The van der Waals surface area contributed by atoms with Gasteiger partial charge in [-0.1, -0.05) is 53.6 Å². The minimum atomic E-state index is 0.857. The molecule has 0 bridgehead atoms. The van der Waals surface area contributed by atoms with E-state index in [0.717, 1.165) is 17.1 Å². The lowest BCUT2D eigenvalue weighted by molar-refractivity contribution is 0.484. The molecule has 0 aliphatic rings. The lowest BCUT2D eigenvalue weighted by atomic mass is 9.90. The van der Waals surface area contributed by atoms with Crippen molar-refractivity contribution in [1.82, 2.24) is 0 Å². The van der Waals surface area contributed by atoms with Crippen LogP contribution in [0.2, 0.25) is 0 Å². The van der Waals surface area contributed by atoms with Gasteiger partial charge in [-0.15, -0.1) is 0 Å². The summed E-state index contributed by atoms with van der Waals surface area (Å²) < 4.78 is 6.35. The van der Waals surface area contributed by atoms with Crippen molar-refractivity contribution in [2.24, 2.45) is 0 Å². The summed E-state index contributed by atoms with van der Waals surface area (Å²) in [7, 11) is 0. The first-order chi connectivity index (χ1) is 14.8. The molecule has 4 aromatic carbocycles. The van der Waals surface area contributed by atoms with E-state index in [-0.39, 0.29) is 0 Å². The standard InChI is InChI=1S/C30H30O/c1-19-7-12-27(13-8-19)31-30-14-9-20(2)15-29(30)28-18-26(17-23(5)24(28)6)25-11-10-21(3)22(4)16-25/h7-18H,1-6H3. The predicted molar refractivity (Wildman–Crippen MR) is 132 cm³/mol. The van der Waals surface area contributed by atoms with E-state index in [4.69, 9.17) is 4.74 Å². The zero-order valence-corrected chi connectivity index (χ0v) is 19.3. The number of hydrogen-bond donors (Lipinski definition) is 0. The molecule has 0 aliphatic carbocycles. The second-order valence-corrected chi connectivity index (χ2v) is 8.68. The SMILES string of the molecule is Cc1ccc(Oc2ccc(C)cc2-c2cc(-c3ccc(C)c(C)c3)cc(C)c2C)cc1. The minimum absolute atomic E-state index is 0.857. The Balaban J connectivity index is 1.85. The van der Waals surface area contributed by atoms with Gasteiger partial charge in [-0.3, -0.25) is 0 Å². The number of rotatable bonds is 4. The normalized spacial score (nSPS) is 10.9. The highest BCUT2D eigenvalue weighted by Crippen LogP contribution is 2.39. The number of hydrogen-bond acceptors (Lipinski definition) is 1. The van der Waals surface area contributed by atoms with Crippen molar-refractivity contribution in [3.05, 3.63) is 106 Å². The van der Waals surface area contributed by atoms with Gasteiger partial charge in [-0.2, -0.15) is 0 Å². The van der Waals surface area contributed by atoms with Crippen LogP contribution >= 0.6 is 0 Å². The van der Waals surface area contributed by atoms with Crippen LogP contribution in [0.1, 0.15) is 33.4 Å². The highest BCUT2D eigenvalue weighted by Gasteiger charge is 2.14. The Hall–Kier alpha value is -3.32. The van der Waals surface area contributed by atoms with Crippen LogP contribution in [0.25, 0.3) is 22.3 Å². The molecule has 4 rings (SSSR count). The first-order valence-electron chi connectivity index (χ1n) is 10.9. The van der Waals surface area contributed by atoms with Gasteiger partial charge in [0.2, 0.25) is 0 Å². The largest absolute Gasteiger partial charge is 0.457 e. The van der Waals surface area contributed by atoms with Crippen molar-refractivity contribution in [3.8, 4) is 33.8 Å². The van der Waals surface area contributed by atoms with Gasteiger partial charge >= 0.3 is 0 Å². The lowest BCUT2D eigenvalue weighted by Gasteiger charge is -2.17. The molecular formula is C30H30O. The van der Waals surface area contributed by atoms with Crippen molar-refractivity contribution in [3.63, 3.8) is 0 Å². The number of aryl methyl sites for hydroxylation is 5. The van der Waals surface area contributed by atoms with Crippen LogP contribution in [0.4, 0.5) is 0 Å². The Morgan fingerprint density at radius 1 is 0.484 bits per heavy atom. The third-order valence-electron chi connectivity index (χ3n) is 6.18. The van der Waals surface area contributed by atoms with Gasteiger partial charge in [0.1, 0.15) is 11.5 Å². The summed E-state index contributed by atoms with van der Waals surface area (Å²) in [6.07, 6.45) is 0. The molecular weight excluding hydrogens is 376 g/mol. The molecule has 156 valence electrons. The Morgan fingerprint density at radius 2 is 1.16 bits per heavy atom. The van der Waals surface area contributed by atoms with Gasteiger partial charge in [0.05, 0.1) is 0 Å². The van der Waals surface area contributed by atoms with Crippen LogP contribution in [-0.2, 0) is 0 Å². The van der Waals surface area contributed by atoms with E-state index in [1.165, 1.54) is 50.1 Å². The zero-order valence-electron chi connectivity index (χ0n) is 19.3. The summed E-state index contributed by atoms with van der Waals surface area (Å²) in [5, 5.41) is 0. The number of ether oxygens (including phenoxy) is 1. The summed E-state index contributed by atoms with van der Waals surface area (Å²) >= 11 is 0. The second kappa shape index (κ2) is 8.43. The second-order valence-electron chi connectivity index (χ2n) is 8.68. The molecule has 4 aromatic rings. The fourth-order valence-electron chi connectivity index (χ4n) is 3.90. The molecule has 0 saturated heterocycles. The zero-order chi connectivity index (χ0) is 22.1. The molecule has 1 heteroatoms. The quantitative estimate of drug-likeness (QED) is 0.329. The van der Waals surface area contributed by atoms with E-state index in [2.05, 4.69) is 102 Å². The third kappa shape index (κ3) is 4.41. The van der Waals surface area contributed by atoms with E-state index >= 15 is 0 Å². The van der Waals surface area contributed by atoms with Gasteiger partial charge in [-0.05, 0) is 111 Å². The van der Waals surface area contributed by atoms with Crippen molar-refractivity contribution in [2.75, 3.05) is 0 Å². The Bertz CT molecular complexity index is 1250. The average Bonchev–Trinajstić information content (AvgIpc) is 2.75. The van der Waals surface area contributed by atoms with Gasteiger partial charge in [0.15, 0.2) is 0 Å². The van der Waals surface area contributed by atoms with Gasteiger partial charge < -0.3 is 4.74 Å². The highest BCUT2D eigenvalue weighted by molar-refractivity contribution is 5.81. The monoisotopic (exact) mass is 406 g/mol. The van der Waals surface area contributed by atoms with Crippen molar-refractivity contribution in [2.45, 2.75) is 41.5 Å². The predicted octanol–water partition coefficient (Wildman–Crippen LogP) is 8.66. The first-order valence-corrected chi connectivity index (χ1v) is 10.9. The van der Waals surface area contributed by atoms with E-state index in [9.17, 15) is 0 Å². The van der Waals surface area contributed by atoms with E-state index in [1.807, 2.05) is 12.1 Å². The number of benzene rings is 4. The van der Waals surface area contributed by atoms with E-state index in [1.54, 1.807) is 0 Å². The summed E-state index contributed by atoms with van der Waals surface area (Å²) in [5.74, 6) is 1.74. The van der Waals surface area contributed by atoms with Crippen LogP contribution in [-0.4, -0.2) is 0 Å². The molecule has 0 radical (unpaired) electrons. The van der Waals surface area contributed by atoms with Gasteiger partial charge in [-0.25, -0.2) is 0 Å². The maximum atomic E-state index is 6.35. The summed E-state index contributed by atoms with van der Waals surface area (Å²) in [6, 6.07) is 26.0. The van der Waals surface area contributed by atoms with Gasteiger partial charge in [0.25, 0.3) is 0 Å². The van der Waals surface area contributed by atoms with Crippen LogP contribution in [0.15, 0.2) is 72.8 Å². The maximum absolute atomic E-state index is 6.35. The van der Waals surface area contributed by atoms with Gasteiger partial charge in [0, 0.05) is 5.56 Å². The average molecular weight is 407 g/mol. The lowest BCUT2D eigenvalue weighted by Crippen LogP contribution is -1.95. The molecule has 0 saturated carbocycles. The van der Waals surface area contributed by atoms with Crippen molar-refractivity contribution < 1.29 is 4.74 Å². The summed E-state index contributed by atoms with van der Waals surface area (Å²) in [4.78, 5) is 0. The summed E-state index contributed by atoms with van der Waals surface area (Å²) in [6.45, 7) is 13.0. The Labute approximate surface area is 186 Å². The molecule has 0 N–H and O–H groups in total. The molecule has 0 atom stereocenters. The van der Waals surface area contributed by atoms with Crippen LogP contribution in [0.5, 0.6) is 11.5 Å². The van der Waals surface area contributed by atoms with Crippen LogP contribution in [0.3, 0.4) is 0 Å². The summed E-state index contributed by atoms with van der Waals surface area (Å²) in [5.41, 5.74) is 12.5. The van der Waals surface area contributed by atoms with Crippen molar-refractivity contribution >= 4 is 0 Å². The molecule has 0 aromatic heterocycles. The maximum Gasteiger partial charge on any atom is 0.135 e. The first kappa shape index (κ1) is 20.9. The highest BCUT2D eigenvalue weighted by atomic mass is 16.5. The molecule has 31 heavy (non-hydrogen) atoms. The third-order valence-corrected chi connectivity index (χ3v) is 6.18. The topological polar surface area (TPSA) is 9.23 Å². The fraction of sp³-hybridized carbons (Fsp3) is 0.200.